The first-order valence-corrected chi connectivity index (χ1v) is 10.1. The van der Waals surface area contributed by atoms with E-state index in [9.17, 15) is 9.59 Å². The van der Waals surface area contributed by atoms with Crippen LogP contribution in [0.2, 0.25) is 0 Å². The molecule has 1 aliphatic rings. The van der Waals surface area contributed by atoms with Crippen molar-refractivity contribution in [3.05, 3.63) is 47.3 Å². The van der Waals surface area contributed by atoms with Crippen LogP contribution in [0.3, 0.4) is 0 Å². The Balaban J connectivity index is 2.10. The largest absolute Gasteiger partial charge is 0.292 e. The van der Waals surface area contributed by atoms with Gasteiger partial charge in [-0.3, -0.25) is 14.6 Å². The minimum Gasteiger partial charge on any atom is -0.292 e. The average molecular weight is 377 g/mol. The molecule has 0 aliphatic carbocycles. The van der Waals surface area contributed by atoms with E-state index in [-0.39, 0.29) is 17.0 Å². The fourth-order valence-corrected chi connectivity index (χ4v) is 3.52. The summed E-state index contributed by atoms with van der Waals surface area (Å²) in [5.41, 5.74) is 5.73. The second kappa shape index (κ2) is 7.78. The number of Topliss-reactive ketones (excluding diaryl/α,β-unsaturated/α-hetero) is 2. The molecule has 0 spiro atoms. The Labute approximate surface area is 167 Å². The van der Waals surface area contributed by atoms with Crippen molar-refractivity contribution in [2.45, 2.75) is 65.7 Å². The molecule has 4 heteroatoms. The van der Waals surface area contributed by atoms with E-state index in [0.29, 0.717) is 24.2 Å². The predicted octanol–water partition coefficient (Wildman–Crippen LogP) is 6.10. The van der Waals surface area contributed by atoms with Crippen molar-refractivity contribution in [1.82, 2.24) is 4.98 Å². The summed E-state index contributed by atoms with van der Waals surface area (Å²) in [6, 6.07) is 9.79. The molecule has 0 radical (unpaired) electrons. The number of carbonyl (C=O) groups is 2. The van der Waals surface area contributed by atoms with E-state index in [1.807, 2.05) is 38.1 Å². The van der Waals surface area contributed by atoms with E-state index in [4.69, 9.17) is 0 Å². The van der Waals surface area contributed by atoms with Gasteiger partial charge in [0.25, 0.3) is 0 Å². The average Bonchev–Trinajstić information content (AvgIpc) is 2.90. The molecular weight excluding hydrogens is 348 g/mol. The monoisotopic (exact) mass is 376 g/mol. The Morgan fingerprint density at radius 2 is 1.46 bits per heavy atom. The van der Waals surface area contributed by atoms with Crippen LogP contribution in [0.15, 0.2) is 35.3 Å². The normalized spacial score (nSPS) is 14.5. The molecule has 4 nitrogen and oxygen atoms in total. The molecule has 28 heavy (non-hydrogen) atoms. The molecular formula is C24H28N2O2. The Hall–Kier alpha value is -2.62. The Morgan fingerprint density at radius 1 is 0.893 bits per heavy atom. The van der Waals surface area contributed by atoms with E-state index in [0.717, 1.165) is 35.4 Å². The molecule has 3 rings (SSSR count). The number of fused-ring (bicyclic) bond motifs is 1. The summed E-state index contributed by atoms with van der Waals surface area (Å²) >= 11 is 0. The highest BCUT2D eigenvalue weighted by molar-refractivity contribution is 6.01. The van der Waals surface area contributed by atoms with Crippen LogP contribution >= 0.6 is 0 Å². The Morgan fingerprint density at radius 3 is 2.00 bits per heavy atom. The van der Waals surface area contributed by atoms with Gasteiger partial charge < -0.3 is 0 Å². The summed E-state index contributed by atoms with van der Waals surface area (Å²) in [5.74, 6) is -0.0360. The van der Waals surface area contributed by atoms with Gasteiger partial charge in [-0.1, -0.05) is 33.8 Å². The SMILES string of the molecule is CCCC(=O)c1cc(-c2ccc3c(c2)C(C)(C)C(C)=N3)cc(C(=O)CCC)n1. The van der Waals surface area contributed by atoms with E-state index < -0.39 is 0 Å². The lowest BCUT2D eigenvalue weighted by atomic mass is 9.81. The molecule has 0 bridgehead atoms. The van der Waals surface area contributed by atoms with Crippen molar-refractivity contribution in [1.29, 1.82) is 0 Å². The standard InChI is InChI=1S/C24H28N2O2/c1-6-8-22(27)20-13-17(14-21(26-20)23(28)9-7-2)16-10-11-19-18(12-16)24(4,5)15(3)25-19/h10-14H,6-9H2,1-5H3. The molecule has 0 atom stereocenters. The Bertz CT molecular complexity index is 934. The molecule has 146 valence electrons. The van der Waals surface area contributed by atoms with Gasteiger partial charge in [0.1, 0.15) is 11.4 Å². The number of aromatic nitrogens is 1. The molecule has 1 aromatic heterocycles. The predicted molar refractivity (Wildman–Crippen MR) is 114 cm³/mol. The number of pyridine rings is 1. The van der Waals surface area contributed by atoms with Crippen molar-refractivity contribution in [3.8, 4) is 11.1 Å². The molecule has 1 aliphatic heterocycles. The van der Waals surface area contributed by atoms with Gasteiger partial charge in [0.05, 0.1) is 5.69 Å². The minimum absolute atomic E-state index is 0.0180. The molecule has 1 aromatic carbocycles. The molecule has 0 unspecified atom stereocenters. The number of benzene rings is 1. The maximum absolute atomic E-state index is 12.5. The lowest BCUT2D eigenvalue weighted by Crippen LogP contribution is -2.22. The van der Waals surface area contributed by atoms with E-state index in [1.165, 1.54) is 5.56 Å². The van der Waals surface area contributed by atoms with Crippen LogP contribution < -0.4 is 0 Å². The molecule has 0 N–H and O–H groups in total. The highest BCUT2D eigenvalue weighted by atomic mass is 16.1. The van der Waals surface area contributed by atoms with Gasteiger partial charge in [-0.2, -0.15) is 0 Å². The summed E-state index contributed by atoms with van der Waals surface area (Å²) in [4.78, 5) is 34.1. The van der Waals surface area contributed by atoms with E-state index >= 15 is 0 Å². The van der Waals surface area contributed by atoms with Crippen molar-refractivity contribution in [2.24, 2.45) is 4.99 Å². The van der Waals surface area contributed by atoms with Crippen LogP contribution in [0.1, 0.15) is 86.8 Å². The maximum atomic E-state index is 12.5. The molecule has 0 saturated carbocycles. The second-order valence-corrected chi connectivity index (χ2v) is 8.03. The Kier molecular flexibility index (Phi) is 5.59. The van der Waals surface area contributed by atoms with Gasteiger partial charge in [0, 0.05) is 24.0 Å². The number of ketones is 2. The van der Waals surface area contributed by atoms with Gasteiger partial charge in [-0.25, -0.2) is 4.98 Å². The van der Waals surface area contributed by atoms with E-state index in [1.54, 1.807) is 0 Å². The van der Waals surface area contributed by atoms with Gasteiger partial charge in [-0.15, -0.1) is 0 Å². The first kappa shape index (κ1) is 20.1. The number of hydrogen-bond acceptors (Lipinski definition) is 4. The third kappa shape index (κ3) is 3.68. The lowest BCUT2D eigenvalue weighted by molar-refractivity contribution is 0.0973. The molecule has 0 amide bonds. The molecule has 0 fully saturated rings. The third-order valence-corrected chi connectivity index (χ3v) is 5.55. The fraction of sp³-hybridized carbons (Fsp3) is 0.417. The van der Waals surface area contributed by atoms with Crippen molar-refractivity contribution in [3.63, 3.8) is 0 Å². The van der Waals surface area contributed by atoms with Crippen LogP contribution in [0, 0.1) is 0 Å². The summed E-state index contributed by atoms with van der Waals surface area (Å²) in [7, 11) is 0. The number of aliphatic imine (C=N–C) groups is 1. The number of hydrogen-bond donors (Lipinski definition) is 0. The zero-order chi connectivity index (χ0) is 20.5. The van der Waals surface area contributed by atoms with Gasteiger partial charge in [0.2, 0.25) is 0 Å². The fourth-order valence-electron chi connectivity index (χ4n) is 3.52. The number of nitrogens with zero attached hydrogens (tertiary/aromatic N) is 2. The summed E-state index contributed by atoms with van der Waals surface area (Å²) in [6.45, 7) is 10.3. The van der Waals surface area contributed by atoms with Gasteiger partial charge in [0.15, 0.2) is 11.6 Å². The topological polar surface area (TPSA) is 59.4 Å². The van der Waals surface area contributed by atoms with Crippen LogP contribution in [-0.4, -0.2) is 22.3 Å². The van der Waals surface area contributed by atoms with Crippen LogP contribution in [-0.2, 0) is 5.41 Å². The molecule has 2 heterocycles. The van der Waals surface area contributed by atoms with Gasteiger partial charge >= 0.3 is 0 Å². The lowest BCUT2D eigenvalue weighted by Gasteiger charge is -2.20. The van der Waals surface area contributed by atoms with Crippen LogP contribution in [0.4, 0.5) is 5.69 Å². The molecule has 0 saturated heterocycles. The zero-order valence-corrected chi connectivity index (χ0v) is 17.4. The molecule has 2 aromatic rings. The smallest absolute Gasteiger partial charge is 0.181 e. The first-order valence-electron chi connectivity index (χ1n) is 10.1. The van der Waals surface area contributed by atoms with Gasteiger partial charge in [-0.05, 0) is 60.7 Å². The second-order valence-electron chi connectivity index (χ2n) is 8.03. The zero-order valence-electron chi connectivity index (χ0n) is 17.4. The third-order valence-electron chi connectivity index (χ3n) is 5.55. The highest BCUT2D eigenvalue weighted by Gasteiger charge is 2.32. The van der Waals surface area contributed by atoms with E-state index in [2.05, 4.69) is 36.8 Å². The van der Waals surface area contributed by atoms with Crippen molar-refractivity contribution >= 4 is 23.0 Å². The highest BCUT2D eigenvalue weighted by Crippen LogP contribution is 2.41. The van der Waals surface area contributed by atoms with Crippen LogP contribution in [0.5, 0.6) is 0 Å². The number of rotatable bonds is 7. The maximum Gasteiger partial charge on any atom is 0.181 e. The first-order chi connectivity index (χ1) is 13.3. The minimum atomic E-state index is -0.125. The van der Waals surface area contributed by atoms with Crippen LogP contribution in [0.25, 0.3) is 11.1 Å². The summed E-state index contributed by atoms with van der Waals surface area (Å²) < 4.78 is 0. The summed E-state index contributed by atoms with van der Waals surface area (Å²) in [6.07, 6.45) is 2.38. The summed E-state index contributed by atoms with van der Waals surface area (Å²) in [5, 5.41) is 0. The quantitative estimate of drug-likeness (QED) is 0.549. The van der Waals surface area contributed by atoms with Crippen molar-refractivity contribution < 1.29 is 9.59 Å². The van der Waals surface area contributed by atoms with Crippen molar-refractivity contribution in [2.75, 3.05) is 0 Å². The number of carbonyl (C=O) groups excluding carboxylic acids is 2.